The van der Waals surface area contributed by atoms with E-state index in [4.69, 9.17) is 0 Å². The van der Waals surface area contributed by atoms with Gasteiger partial charge in [-0.1, -0.05) is 42.5 Å². The van der Waals surface area contributed by atoms with Gasteiger partial charge in [0.05, 0.1) is 10.2 Å². The van der Waals surface area contributed by atoms with Gasteiger partial charge in [-0.05, 0) is 61.2 Å². The lowest BCUT2D eigenvalue weighted by Gasteiger charge is -2.21. The fourth-order valence-corrected chi connectivity index (χ4v) is 5.33. The molecule has 0 aliphatic carbocycles. The average Bonchev–Trinajstić information content (AvgIpc) is 3.41. The Kier molecular flexibility index (Phi) is 5.53. The van der Waals surface area contributed by atoms with Gasteiger partial charge in [0.2, 0.25) is 0 Å². The Morgan fingerprint density at radius 2 is 2.03 bits per heavy atom. The molecule has 1 N–H and O–H groups in total. The molecule has 156 valence electrons. The van der Waals surface area contributed by atoms with Crippen LogP contribution >= 0.6 is 11.3 Å². The van der Waals surface area contributed by atoms with E-state index in [-0.39, 0.29) is 0 Å². The number of aromatic nitrogens is 2. The van der Waals surface area contributed by atoms with E-state index in [0.717, 1.165) is 34.8 Å². The molecular formula is C26H26N4S. The minimum Gasteiger partial charge on any atom is -0.339 e. The molecule has 3 heterocycles. The van der Waals surface area contributed by atoms with E-state index < -0.39 is 0 Å². The summed E-state index contributed by atoms with van der Waals surface area (Å²) >= 11 is 1.73. The maximum absolute atomic E-state index is 4.50. The van der Waals surface area contributed by atoms with Crippen LogP contribution in [0.3, 0.4) is 0 Å². The number of rotatable bonds is 6. The zero-order valence-corrected chi connectivity index (χ0v) is 18.5. The topological polar surface area (TPSA) is 41.1 Å². The predicted molar refractivity (Wildman–Crippen MR) is 131 cm³/mol. The van der Waals surface area contributed by atoms with Crippen molar-refractivity contribution in [3.8, 4) is 10.4 Å². The van der Waals surface area contributed by atoms with Crippen molar-refractivity contribution in [2.45, 2.75) is 32.4 Å². The van der Waals surface area contributed by atoms with Crippen molar-refractivity contribution in [1.29, 1.82) is 0 Å². The summed E-state index contributed by atoms with van der Waals surface area (Å²) < 4.78 is 1.08. The minimum absolute atomic E-state index is 0.514. The van der Waals surface area contributed by atoms with E-state index in [9.17, 15) is 0 Å². The molecular weight excluding hydrogens is 400 g/mol. The fourth-order valence-electron chi connectivity index (χ4n) is 4.27. The molecule has 5 rings (SSSR count). The van der Waals surface area contributed by atoms with Crippen molar-refractivity contribution in [3.63, 3.8) is 0 Å². The summed E-state index contributed by atoms with van der Waals surface area (Å²) in [6, 6.07) is 19.9. The standard InChI is InChI=1S/C26H26N4S/c1-3-22-8-5-13-30(22)16-19-9-11-20(12-10-19)24-15-23-25(31-24)26(28-17-27-23)29-21-7-4-6-18(2)14-21/h3-4,6-7,9-12,14-15,17,22H,1,5,8,13,16H2,2H3,(H,27,28,29). The lowest BCUT2D eigenvalue weighted by molar-refractivity contribution is 0.282. The van der Waals surface area contributed by atoms with E-state index in [0.29, 0.717) is 6.04 Å². The Hall–Kier alpha value is -3.02. The molecule has 1 atom stereocenters. The number of nitrogens with zero attached hydrogens (tertiary/aromatic N) is 3. The summed E-state index contributed by atoms with van der Waals surface area (Å²) in [5.41, 5.74) is 5.80. The van der Waals surface area contributed by atoms with Crippen LogP contribution in [0.5, 0.6) is 0 Å². The third kappa shape index (κ3) is 4.24. The number of thiophene rings is 1. The van der Waals surface area contributed by atoms with E-state index >= 15 is 0 Å². The van der Waals surface area contributed by atoms with Crippen molar-refractivity contribution in [3.05, 3.63) is 84.7 Å². The summed E-state index contributed by atoms with van der Waals surface area (Å²) in [5.74, 6) is 0.855. The number of fused-ring (bicyclic) bond motifs is 1. The molecule has 1 saturated heterocycles. The molecule has 5 heteroatoms. The Bertz CT molecular complexity index is 1210. The normalized spacial score (nSPS) is 16.6. The second kappa shape index (κ2) is 8.61. The second-order valence-corrected chi connectivity index (χ2v) is 9.21. The molecule has 1 unspecified atom stereocenters. The number of anilines is 2. The maximum Gasteiger partial charge on any atom is 0.151 e. The zero-order valence-electron chi connectivity index (χ0n) is 17.7. The van der Waals surface area contributed by atoms with Gasteiger partial charge in [-0.3, -0.25) is 4.90 Å². The maximum atomic E-state index is 4.50. The average molecular weight is 427 g/mol. The van der Waals surface area contributed by atoms with Crippen LogP contribution in [-0.4, -0.2) is 27.5 Å². The highest BCUT2D eigenvalue weighted by Gasteiger charge is 2.21. The minimum atomic E-state index is 0.514. The second-order valence-electron chi connectivity index (χ2n) is 8.15. The molecule has 2 aromatic heterocycles. The predicted octanol–water partition coefficient (Wildman–Crippen LogP) is 6.56. The highest BCUT2D eigenvalue weighted by Crippen LogP contribution is 2.36. The van der Waals surface area contributed by atoms with Gasteiger partial charge in [0.25, 0.3) is 0 Å². The smallest absolute Gasteiger partial charge is 0.151 e. The van der Waals surface area contributed by atoms with Crippen molar-refractivity contribution >= 4 is 33.1 Å². The van der Waals surface area contributed by atoms with E-state index in [1.807, 2.05) is 0 Å². The largest absolute Gasteiger partial charge is 0.339 e. The Morgan fingerprint density at radius 3 is 2.84 bits per heavy atom. The first-order chi connectivity index (χ1) is 15.2. The molecule has 0 radical (unpaired) electrons. The molecule has 0 saturated carbocycles. The van der Waals surface area contributed by atoms with Gasteiger partial charge in [0.1, 0.15) is 6.33 Å². The first kappa shape index (κ1) is 19.9. The third-order valence-electron chi connectivity index (χ3n) is 5.90. The summed E-state index contributed by atoms with van der Waals surface area (Å²) in [6.07, 6.45) is 6.20. The van der Waals surface area contributed by atoms with Crippen molar-refractivity contribution in [2.75, 3.05) is 11.9 Å². The van der Waals surface area contributed by atoms with Gasteiger partial charge in [-0.2, -0.15) is 0 Å². The monoisotopic (exact) mass is 426 g/mol. The van der Waals surface area contributed by atoms with Gasteiger partial charge < -0.3 is 5.32 Å². The lowest BCUT2D eigenvalue weighted by Crippen LogP contribution is -2.26. The Labute approximate surface area is 187 Å². The lowest BCUT2D eigenvalue weighted by atomic mass is 10.1. The number of nitrogens with one attached hydrogen (secondary N) is 1. The van der Waals surface area contributed by atoms with E-state index in [2.05, 4.69) is 94.4 Å². The molecule has 4 aromatic rings. The molecule has 0 spiro atoms. The summed E-state index contributed by atoms with van der Waals surface area (Å²) in [7, 11) is 0. The quantitative estimate of drug-likeness (QED) is 0.354. The Morgan fingerprint density at radius 1 is 1.16 bits per heavy atom. The van der Waals surface area contributed by atoms with Crippen LogP contribution in [0.2, 0.25) is 0 Å². The molecule has 2 aromatic carbocycles. The third-order valence-corrected chi connectivity index (χ3v) is 7.08. The number of hydrogen-bond donors (Lipinski definition) is 1. The number of likely N-dealkylation sites (tertiary alicyclic amines) is 1. The highest BCUT2D eigenvalue weighted by molar-refractivity contribution is 7.22. The van der Waals surface area contributed by atoms with Crippen molar-refractivity contribution in [2.24, 2.45) is 0 Å². The van der Waals surface area contributed by atoms with Crippen LogP contribution in [0.4, 0.5) is 11.5 Å². The van der Waals surface area contributed by atoms with Gasteiger partial charge in [-0.15, -0.1) is 17.9 Å². The van der Waals surface area contributed by atoms with Gasteiger partial charge in [0.15, 0.2) is 5.82 Å². The van der Waals surface area contributed by atoms with Crippen LogP contribution in [-0.2, 0) is 6.54 Å². The fraction of sp³-hybridized carbons (Fsp3) is 0.231. The first-order valence-corrected chi connectivity index (χ1v) is 11.6. The first-order valence-electron chi connectivity index (χ1n) is 10.7. The van der Waals surface area contributed by atoms with Gasteiger partial charge in [0, 0.05) is 23.2 Å². The zero-order chi connectivity index (χ0) is 21.2. The molecule has 1 aliphatic rings. The summed E-state index contributed by atoms with van der Waals surface area (Å²) in [4.78, 5) is 12.7. The number of benzene rings is 2. The summed E-state index contributed by atoms with van der Waals surface area (Å²) in [6.45, 7) is 8.22. The van der Waals surface area contributed by atoms with Crippen LogP contribution < -0.4 is 5.32 Å². The molecule has 4 nitrogen and oxygen atoms in total. The molecule has 1 fully saturated rings. The molecule has 31 heavy (non-hydrogen) atoms. The Balaban J connectivity index is 1.38. The van der Waals surface area contributed by atoms with E-state index in [1.165, 1.54) is 34.4 Å². The van der Waals surface area contributed by atoms with Crippen molar-refractivity contribution < 1.29 is 0 Å². The van der Waals surface area contributed by atoms with Crippen molar-refractivity contribution in [1.82, 2.24) is 14.9 Å². The summed E-state index contributed by atoms with van der Waals surface area (Å²) in [5, 5.41) is 3.46. The van der Waals surface area contributed by atoms with Crippen LogP contribution in [0, 0.1) is 6.92 Å². The molecule has 0 bridgehead atoms. The van der Waals surface area contributed by atoms with Gasteiger partial charge >= 0.3 is 0 Å². The molecule has 1 aliphatic heterocycles. The van der Waals surface area contributed by atoms with Crippen LogP contribution in [0.25, 0.3) is 20.7 Å². The SMILES string of the molecule is C=CC1CCCN1Cc1ccc(-c2cc3ncnc(Nc4cccc(C)c4)c3s2)cc1. The molecule has 0 amide bonds. The van der Waals surface area contributed by atoms with E-state index in [1.54, 1.807) is 17.7 Å². The van der Waals surface area contributed by atoms with Crippen LogP contribution in [0.1, 0.15) is 24.0 Å². The number of hydrogen-bond acceptors (Lipinski definition) is 5. The highest BCUT2D eigenvalue weighted by atomic mass is 32.1. The van der Waals surface area contributed by atoms with Crippen LogP contribution in [0.15, 0.2) is 73.6 Å². The van der Waals surface area contributed by atoms with Gasteiger partial charge in [-0.25, -0.2) is 9.97 Å². The number of aryl methyl sites for hydroxylation is 1.